The average Bonchev–Trinajstić information content (AvgIpc) is 3.16. The lowest BCUT2D eigenvalue weighted by Crippen LogP contribution is -2.07. The van der Waals surface area contributed by atoms with Crippen molar-refractivity contribution in [3.8, 4) is 0 Å². The number of carbonyl (C=O) groups is 1. The van der Waals surface area contributed by atoms with E-state index >= 15 is 0 Å². The Morgan fingerprint density at radius 3 is 2.65 bits per heavy atom. The summed E-state index contributed by atoms with van der Waals surface area (Å²) in [5, 5.41) is 0. The monoisotopic (exact) mass is 232 g/mol. The van der Waals surface area contributed by atoms with Crippen molar-refractivity contribution in [2.45, 2.75) is 51.2 Å². The molecule has 0 aliphatic carbocycles. The van der Waals surface area contributed by atoms with E-state index in [1.54, 1.807) is 0 Å². The number of unbranched alkanes of at least 4 members (excludes halogenated alkanes) is 3. The predicted octanol–water partition coefficient (Wildman–Crippen LogP) is 3.67. The molecule has 2 nitrogen and oxygen atoms in total. The molecule has 0 N–H and O–H groups in total. The third-order valence-corrected chi connectivity index (χ3v) is 3.21. The first kappa shape index (κ1) is 12.3. The Hall–Kier alpha value is -1.15. The van der Waals surface area contributed by atoms with Crippen LogP contribution in [0.5, 0.6) is 0 Å². The van der Waals surface area contributed by atoms with E-state index in [-0.39, 0.29) is 18.0 Å². The molecule has 0 aromatic heterocycles. The van der Waals surface area contributed by atoms with Crippen molar-refractivity contribution in [1.82, 2.24) is 0 Å². The van der Waals surface area contributed by atoms with Gasteiger partial charge in [-0.25, -0.2) is 0 Å². The van der Waals surface area contributed by atoms with Gasteiger partial charge in [-0.05, 0) is 12.0 Å². The van der Waals surface area contributed by atoms with Crippen LogP contribution < -0.4 is 0 Å². The van der Waals surface area contributed by atoms with Gasteiger partial charge in [0.05, 0.1) is 0 Å². The summed E-state index contributed by atoms with van der Waals surface area (Å²) < 4.78 is 5.47. The van der Waals surface area contributed by atoms with E-state index in [1.807, 2.05) is 30.3 Å². The normalized spacial score (nSPS) is 22.4. The molecule has 0 unspecified atom stereocenters. The van der Waals surface area contributed by atoms with Gasteiger partial charge in [-0.2, -0.15) is 0 Å². The highest BCUT2D eigenvalue weighted by atomic mass is 16.6. The van der Waals surface area contributed by atoms with E-state index in [1.165, 1.54) is 12.8 Å². The Kier molecular flexibility index (Phi) is 4.32. The second-order valence-corrected chi connectivity index (χ2v) is 4.66. The molecular weight excluding hydrogens is 212 g/mol. The Bertz CT molecular complexity index is 358. The van der Waals surface area contributed by atoms with Gasteiger partial charge in [-0.3, -0.25) is 4.79 Å². The molecule has 0 bridgehead atoms. The summed E-state index contributed by atoms with van der Waals surface area (Å²) >= 11 is 0. The Morgan fingerprint density at radius 1 is 1.18 bits per heavy atom. The molecule has 1 fully saturated rings. The second kappa shape index (κ2) is 5.97. The minimum Gasteiger partial charge on any atom is -0.356 e. The van der Waals surface area contributed by atoms with E-state index in [0.29, 0.717) is 6.42 Å². The van der Waals surface area contributed by atoms with Crippen molar-refractivity contribution >= 4 is 5.78 Å². The summed E-state index contributed by atoms with van der Waals surface area (Å²) in [6.45, 7) is 2.18. The van der Waals surface area contributed by atoms with Crippen LogP contribution in [0, 0.1) is 0 Å². The molecule has 1 heterocycles. The predicted molar refractivity (Wildman–Crippen MR) is 67.8 cm³/mol. The lowest BCUT2D eigenvalue weighted by Gasteiger charge is -1.97. The molecule has 92 valence electrons. The Labute approximate surface area is 103 Å². The van der Waals surface area contributed by atoms with Crippen LogP contribution in [0.2, 0.25) is 0 Å². The largest absolute Gasteiger partial charge is 0.356 e. The number of epoxide rings is 1. The molecule has 1 aromatic rings. The molecule has 1 aromatic carbocycles. The Balaban J connectivity index is 1.73. The van der Waals surface area contributed by atoms with Crippen molar-refractivity contribution in [3.05, 3.63) is 35.9 Å². The molecule has 2 heteroatoms. The fraction of sp³-hybridized carbons (Fsp3) is 0.533. The van der Waals surface area contributed by atoms with Crippen molar-refractivity contribution in [1.29, 1.82) is 0 Å². The van der Waals surface area contributed by atoms with E-state index < -0.39 is 0 Å². The number of carbonyl (C=O) groups excluding carboxylic acids is 1. The van der Waals surface area contributed by atoms with Gasteiger partial charge in [-0.1, -0.05) is 56.5 Å². The smallest absolute Gasteiger partial charge is 0.164 e. The van der Waals surface area contributed by atoms with Gasteiger partial charge in [0.25, 0.3) is 0 Å². The molecule has 2 rings (SSSR count). The van der Waals surface area contributed by atoms with Gasteiger partial charge in [0.2, 0.25) is 0 Å². The van der Waals surface area contributed by atoms with Crippen LogP contribution in [-0.2, 0) is 9.53 Å². The van der Waals surface area contributed by atoms with Gasteiger partial charge in [0.15, 0.2) is 5.78 Å². The molecule has 1 aliphatic heterocycles. The highest BCUT2D eigenvalue weighted by Crippen LogP contribution is 2.39. The summed E-state index contributed by atoms with van der Waals surface area (Å²) in [5.41, 5.74) is 1.12. The van der Waals surface area contributed by atoms with Crippen molar-refractivity contribution in [2.24, 2.45) is 0 Å². The average molecular weight is 232 g/mol. The first-order valence-electron chi connectivity index (χ1n) is 6.56. The lowest BCUT2D eigenvalue weighted by atomic mass is 10.0. The van der Waals surface area contributed by atoms with Crippen LogP contribution in [-0.4, -0.2) is 11.9 Å². The molecule has 17 heavy (non-hydrogen) atoms. The van der Waals surface area contributed by atoms with Crippen LogP contribution >= 0.6 is 0 Å². The fourth-order valence-corrected chi connectivity index (χ4v) is 2.12. The van der Waals surface area contributed by atoms with E-state index in [2.05, 4.69) is 6.92 Å². The van der Waals surface area contributed by atoms with Gasteiger partial charge in [0, 0.05) is 6.42 Å². The van der Waals surface area contributed by atoms with E-state index in [9.17, 15) is 4.79 Å². The van der Waals surface area contributed by atoms with Crippen molar-refractivity contribution < 1.29 is 9.53 Å². The van der Waals surface area contributed by atoms with Crippen LogP contribution in [0.1, 0.15) is 50.7 Å². The molecule has 0 amide bonds. The zero-order chi connectivity index (χ0) is 12.1. The van der Waals surface area contributed by atoms with E-state index in [0.717, 1.165) is 18.4 Å². The highest BCUT2D eigenvalue weighted by molar-refractivity contribution is 5.86. The topological polar surface area (TPSA) is 29.6 Å². The molecular formula is C15H20O2. The molecule has 1 saturated heterocycles. The van der Waals surface area contributed by atoms with Crippen LogP contribution in [0.15, 0.2) is 30.3 Å². The maximum Gasteiger partial charge on any atom is 0.164 e. The number of hydrogen-bond acceptors (Lipinski definition) is 2. The number of ether oxygens (including phenoxy) is 1. The van der Waals surface area contributed by atoms with Crippen LogP contribution in [0.4, 0.5) is 0 Å². The van der Waals surface area contributed by atoms with Gasteiger partial charge in [0.1, 0.15) is 12.2 Å². The first-order valence-corrected chi connectivity index (χ1v) is 6.56. The van der Waals surface area contributed by atoms with Crippen molar-refractivity contribution in [2.75, 3.05) is 0 Å². The van der Waals surface area contributed by atoms with Gasteiger partial charge in [-0.15, -0.1) is 0 Å². The molecule has 0 saturated carbocycles. The third kappa shape index (κ3) is 3.40. The molecule has 2 atom stereocenters. The number of hydrogen-bond donors (Lipinski definition) is 0. The number of ketones is 1. The summed E-state index contributed by atoms with van der Waals surface area (Å²) in [6.07, 6.45) is 5.13. The van der Waals surface area contributed by atoms with Gasteiger partial charge >= 0.3 is 0 Å². The number of rotatable bonds is 7. The maximum atomic E-state index is 11.8. The van der Waals surface area contributed by atoms with Crippen LogP contribution in [0.3, 0.4) is 0 Å². The van der Waals surface area contributed by atoms with E-state index in [4.69, 9.17) is 4.74 Å². The fourth-order valence-electron chi connectivity index (χ4n) is 2.12. The third-order valence-electron chi connectivity index (χ3n) is 3.21. The van der Waals surface area contributed by atoms with Gasteiger partial charge < -0.3 is 4.74 Å². The minimum absolute atomic E-state index is 0.0230. The van der Waals surface area contributed by atoms with Crippen molar-refractivity contribution in [3.63, 3.8) is 0 Å². The molecule has 0 spiro atoms. The summed E-state index contributed by atoms with van der Waals surface area (Å²) in [6, 6.07) is 10.00. The zero-order valence-corrected chi connectivity index (χ0v) is 10.4. The highest BCUT2D eigenvalue weighted by Gasteiger charge is 2.44. The molecule has 0 radical (unpaired) electrons. The number of benzene rings is 1. The standard InChI is InChI=1S/C15H20O2/c1-2-3-4-8-11-13(16)15-14(17-15)12-9-6-5-7-10-12/h5-7,9-10,14-15H,2-4,8,11H2,1H3/t14-,15-/m0/s1. The maximum absolute atomic E-state index is 11.8. The lowest BCUT2D eigenvalue weighted by molar-refractivity contribution is -0.120. The van der Waals surface area contributed by atoms with Crippen LogP contribution in [0.25, 0.3) is 0 Å². The minimum atomic E-state index is -0.168. The number of Topliss-reactive ketones (excluding diaryl/α,β-unsaturated/α-hetero) is 1. The summed E-state index contributed by atoms with van der Waals surface area (Å²) in [4.78, 5) is 11.8. The summed E-state index contributed by atoms with van der Waals surface area (Å²) in [7, 11) is 0. The Morgan fingerprint density at radius 2 is 1.94 bits per heavy atom. The second-order valence-electron chi connectivity index (χ2n) is 4.66. The molecule has 1 aliphatic rings. The summed E-state index contributed by atoms with van der Waals surface area (Å²) in [5.74, 6) is 0.273. The first-order chi connectivity index (χ1) is 8.33. The quantitative estimate of drug-likeness (QED) is 0.530. The zero-order valence-electron chi connectivity index (χ0n) is 10.4. The SMILES string of the molecule is CCCCCCC(=O)[C@@H]1O[C@H]1c1ccccc1.